The fourth-order valence-electron chi connectivity index (χ4n) is 3.65. The molecule has 0 aliphatic carbocycles. The largest absolute Gasteiger partial charge is 0.508 e. The zero-order chi connectivity index (χ0) is 22.3. The molecule has 0 spiro atoms. The highest BCUT2D eigenvalue weighted by Crippen LogP contribution is 2.40. The van der Waals surface area contributed by atoms with E-state index in [-0.39, 0.29) is 23.4 Å². The molecule has 1 N–H and O–H groups in total. The fourth-order valence-corrected chi connectivity index (χ4v) is 3.65. The van der Waals surface area contributed by atoms with Gasteiger partial charge in [-0.05, 0) is 42.8 Å². The zero-order valence-corrected chi connectivity index (χ0v) is 16.7. The Morgan fingerprint density at radius 2 is 1.97 bits per heavy atom. The summed E-state index contributed by atoms with van der Waals surface area (Å²) >= 11 is 0. The summed E-state index contributed by atoms with van der Waals surface area (Å²) in [7, 11) is 0. The second-order valence-electron chi connectivity index (χ2n) is 8.04. The Morgan fingerprint density at radius 3 is 2.57 bits per heavy atom. The number of phenols is 1. The summed E-state index contributed by atoms with van der Waals surface area (Å²) in [5.74, 6) is -0.399. The molecule has 1 aliphatic heterocycles. The average molecular weight is 418 g/mol. The first-order valence-electron chi connectivity index (χ1n) is 9.31. The lowest BCUT2D eigenvalue weighted by molar-refractivity contribution is -0.138. The minimum absolute atomic E-state index is 0.0790. The lowest BCUT2D eigenvalue weighted by Gasteiger charge is -2.26. The van der Waals surface area contributed by atoms with Crippen molar-refractivity contribution in [2.75, 3.05) is 6.54 Å². The van der Waals surface area contributed by atoms with Crippen molar-refractivity contribution in [2.24, 2.45) is 5.41 Å². The van der Waals surface area contributed by atoms with Crippen LogP contribution in [-0.2, 0) is 11.0 Å². The van der Waals surface area contributed by atoms with Gasteiger partial charge in [0.05, 0.1) is 23.2 Å². The molecule has 0 unspecified atom stereocenters. The summed E-state index contributed by atoms with van der Waals surface area (Å²) in [6.45, 7) is 5.75. The van der Waals surface area contributed by atoms with E-state index in [9.17, 15) is 23.1 Å². The number of phenolic OH excluding ortho intramolecular Hbond substituents is 1. The van der Waals surface area contributed by atoms with Crippen LogP contribution in [0.3, 0.4) is 0 Å². The summed E-state index contributed by atoms with van der Waals surface area (Å²) in [6, 6.07) is 10.8. The zero-order valence-electron chi connectivity index (χ0n) is 16.7. The van der Waals surface area contributed by atoms with Crippen LogP contribution in [0.1, 0.15) is 43.5 Å². The van der Waals surface area contributed by atoms with Gasteiger partial charge in [-0.3, -0.25) is 4.79 Å². The van der Waals surface area contributed by atoms with Gasteiger partial charge in [-0.15, -0.1) is 0 Å². The number of nitrogens with zero attached hydrogens (tertiary/aromatic N) is 2. The molecule has 1 amide bonds. The Kier molecular flexibility index (Phi) is 5.42. The first-order chi connectivity index (χ1) is 13.9. The van der Waals surface area contributed by atoms with Gasteiger partial charge in [0.2, 0.25) is 0 Å². The Bertz CT molecular complexity index is 1010. The van der Waals surface area contributed by atoms with E-state index in [1.807, 2.05) is 6.92 Å². The van der Waals surface area contributed by atoms with E-state index < -0.39 is 28.8 Å². The molecule has 3 rings (SSSR count). The van der Waals surface area contributed by atoms with Gasteiger partial charge in [0.15, 0.2) is 6.10 Å². The van der Waals surface area contributed by atoms with Gasteiger partial charge in [0.1, 0.15) is 11.5 Å². The number of rotatable bonds is 4. The maximum atomic E-state index is 13.2. The quantitative estimate of drug-likeness (QED) is 0.784. The van der Waals surface area contributed by atoms with Crippen LogP contribution in [-0.4, -0.2) is 28.6 Å². The van der Waals surface area contributed by atoms with Crippen molar-refractivity contribution < 1.29 is 27.8 Å². The third-order valence-electron chi connectivity index (χ3n) is 5.29. The molecular weight excluding hydrogens is 397 g/mol. The first-order valence-corrected chi connectivity index (χ1v) is 9.31. The predicted molar refractivity (Wildman–Crippen MR) is 103 cm³/mol. The van der Waals surface area contributed by atoms with Gasteiger partial charge < -0.3 is 14.7 Å². The average Bonchev–Trinajstić information content (AvgIpc) is 2.90. The van der Waals surface area contributed by atoms with Gasteiger partial charge in [0.25, 0.3) is 5.91 Å². The molecule has 158 valence electrons. The third-order valence-corrected chi connectivity index (χ3v) is 5.29. The van der Waals surface area contributed by atoms with E-state index in [4.69, 9.17) is 10.00 Å². The molecule has 1 fully saturated rings. The van der Waals surface area contributed by atoms with Crippen LogP contribution in [0, 0.1) is 16.7 Å². The van der Waals surface area contributed by atoms with Gasteiger partial charge in [-0.2, -0.15) is 18.4 Å². The molecule has 0 bridgehead atoms. The van der Waals surface area contributed by atoms with Crippen LogP contribution in [0.5, 0.6) is 11.5 Å². The van der Waals surface area contributed by atoms with E-state index in [1.54, 1.807) is 36.9 Å². The molecule has 1 saturated heterocycles. The van der Waals surface area contributed by atoms with Crippen molar-refractivity contribution in [3.05, 3.63) is 59.2 Å². The molecule has 1 aliphatic rings. The van der Waals surface area contributed by atoms with E-state index in [1.165, 1.54) is 18.2 Å². The van der Waals surface area contributed by atoms with Gasteiger partial charge in [0, 0.05) is 12.0 Å². The van der Waals surface area contributed by atoms with Gasteiger partial charge in [-0.25, -0.2) is 0 Å². The molecule has 0 aromatic heterocycles. The second kappa shape index (κ2) is 7.56. The number of likely N-dealkylation sites (tertiary alicyclic amines) is 1. The number of alkyl halides is 3. The summed E-state index contributed by atoms with van der Waals surface area (Å²) in [5.41, 5.74) is -1.55. The van der Waals surface area contributed by atoms with Crippen LogP contribution in [0.2, 0.25) is 0 Å². The lowest BCUT2D eigenvalue weighted by Crippen LogP contribution is -2.37. The summed E-state index contributed by atoms with van der Waals surface area (Å²) in [4.78, 5) is 14.7. The molecule has 30 heavy (non-hydrogen) atoms. The number of amides is 1. The van der Waals surface area contributed by atoms with Crippen LogP contribution in [0.25, 0.3) is 0 Å². The standard InChI is InChI=1S/C22H21F3N2O3/c1-13(14-5-4-6-16(28)9-14)27-12-21(2,3)19(20(27)29)30-17-8-7-15(11-26)18(10-17)22(23,24)25/h4-10,13,19,28H,12H2,1-3H3/t13-,19+/m0/s1. The van der Waals surface area contributed by atoms with Crippen molar-refractivity contribution in [3.8, 4) is 17.6 Å². The number of nitriles is 1. The molecule has 8 heteroatoms. The van der Waals surface area contributed by atoms with E-state index in [0.717, 1.165) is 17.7 Å². The highest BCUT2D eigenvalue weighted by molar-refractivity contribution is 5.85. The molecule has 1 heterocycles. The normalized spacial score (nSPS) is 19.4. The number of hydrogen-bond donors (Lipinski definition) is 1. The summed E-state index contributed by atoms with van der Waals surface area (Å²) in [5, 5.41) is 18.6. The smallest absolute Gasteiger partial charge is 0.417 e. The molecular formula is C22H21F3N2O3. The summed E-state index contributed by atoms with van der Waals surface area (Å²) in [6.07, 6.45) is -5.71. The Hall–Kier alpha value is -3.21. The van der Waals surface area contributed by atoms with Crippen LogP contribution >= 0.6 is 0 Å². The first kappa shape index (κ1) is 21.5. The van der Waals surface area contributed by atoms with Crippen LogP contribution < -0.4 is 4.74 Å². The Morgan fingerprint density at radius 1 is 1.27 bits per heavy atom. The molecule has 5 nitrogen and oxygen atoms in total. The number of hydrogen-bond acceptors (Lipinski definition) is 4. The second-order valence-corrected chi connectivity index (χ2v) is 8.04. The molecule has 2 aromatic rings. The Balaban J connectivity index is 1.88. The van der Waals surface area contributed by atoms with Crippen LogP contribution in [0.4, 0.5) is 13.2 Å². The summed E-state index contributed by atoms with van der Waals surface area (Å²) < 4.78 is 45.5. The predicted octanol–water partition coefficient (Wildman–Crippen LogP) is 4.66. The van der Waals surface area contributed by atoms with Crippen molar-refractivity contribution in [2.45, 2.75) is 39.1 Å². The lowest BCUT2D eigenvalue weighted by atomic mass is 9.89. The SMILES string of the molecule is C[C@@H](c1cccc(O)c1)N1CC(C)(C)[C@H](Oc2ccc(C#N)c(C(F)(F)F)c2)C1=O. The highest BCUT2D eigenvalue weighted by atomic mass is 19.4. The maximum absolute atomic E-state index is 13.2. The van der Waals surface area contributed by atoms with Crippen molar-refractivity contribution >= 4 is 5.91 Å². The monoisotopic (exact) mass is 418 g/mol. The number of aromatic hydroxyl groups is 1. The number of benzene rings is 2. The highest BCUT2D eigenvalue weighted by Gasteiger charge is 2.49. The van der Waals surface area contributed by atoms with Crippen LogP contribution in [0.15, 0.2) is 42.5 Å². The van der Waals surface area contributed by atoms with E-state index in [2.05, 4.69) is 0 Å². The van der Waals surface area contributed by atoms with Gasteiger partial charge >= 0.3 is 6.18 Å². The Labute approximate surface area is 172 Å². The molecule has 2 atom stereocenters. The number of halogens is 3. The minimum Gasteiger partial charge on any atom is -0.508 e. The number of carbonyl (C=O) groups is 1. The van der Waals surface area contributed by atoms with Crippen molar-refractivity contribution in [1.29, 1.82) is 5.26 Å². The molecule has 0 saturated carbocycles. The number of ether oxygens (including phenoxy) is 1. The van der Waals surface area contributed by atoms with E-state index in [0.29, 0.717) is 6.54 Å². The van der Waals surface area contributed by atoms with Crippen molar-refractivity contribution in [3.63, 3.8) is 0 Å². The minimum atomic E-state index is -4.71. The van der Waals surface area contributed by atoms with Crippen molar-refractivity contribution in [1.82, 2.24) is 4.90 Å². The fraction of sp³-hybridized carbons (Fsp3) is 0.364. The maximum Gasteiger partial charge on any atom is 0.417 e. The topological polar surface area (TPSA) is 73.6 Å². The van der Waals surface area contributed by atoms with Gasteiger partial charge in [-0.1, -0.05) is 26.0 Å². The van der Waals surface area contributed by atoms with E-state index >= 15 is 0 Å². The molecule has 0 radical (unpaired) electrons. The molecule has 2 aromatic carbocycles. The number of carbonyl (C=O) groups excluding carboxylic acids is 1. The third kappa shape index (κ3) is 4.06.